The number of carbonyl (C=O) groups is 1. The number of aromatic nitrogens is 3. The summed E-state index contributed by atoms with van der Waals surface area (Å²) >= 11 is 7.21. The predicted molar refractivity (Wildman–Crippen MR) is 116 cm³/mol. The molecular weight excluding hydrogens is 427 g/mol. The lowest BCUT2D eigenvalue weighted by molar-refractivity contribution is -0.115. The van der Waals surface area contributed by atoms with E-state index in [2.05, 4.69) is 22.1 Å². The SMILES string of the molecule is C=CCn1c(COc2ccccc2F)nnc1S[C@H](C)C(=O)Nc1cccc(Cl)c1. The second kappa shape index (κ2) is 10.3. The molecule has 1 aromatic heterocycles. The summed E-state index contributed by atoms with van der Waals surface area (Å²) in [6.45, 7) is 5.98. The van der Waals surface area contributed by atoms with E-state index in [1.165, 1.54) is 17.8 Å². The lowest BCUT2D eigenvalue weighted by Gasteiger charge is -2.13. The quantitative estimate of drug-likeness (QED) is 0.372. The van der Waals surface area contributed by atoms with Gasteiger partial charge in [-0.25, -0.2) is 4.39 Å². The molecule has 0 aliphatic carbocycles. The van der Waals surface area contributed by atoms with Crippen molar-refractivity contribution in [3.63, 3.8) is 0 Å². The monoisotopic (exact) mass is 446 g/mol. The van der Waals surface area contributed by atoms with Crippen molar-refractivity contribution < 1.29 is 13.9 Å². The summed E-state index contributed by atoms with van der Waals surface area (Å²) in [5, 5.41) is 11.8. The van der Waals surface area contributed by atoms with E-state index in [9.17, 15) is 9.18 Å². The van der Waals surface area contributed by atoms with Gasteiger partial charge >= 0.3 is 0 Å². The van der Waals surface area contributed by atoms with Crippen LogP contribution in [0.25, 0.3) is 0 Å². The molecule has 9 heteroatoms. The molecule has 0 fully saturated rings. The highest BCUT2D eigenvalue weighted by atomic mass is 35.5. The van der Waals surface area contributed by atoms with Gasteiger partial charge in [0.1, 0.15) is 6.61 Å². The summed E-state index contributed by atoms with van der Waals surface area (Å²) in [6.07, 6.45) is 1.69. The smallest absolute Gasteiger partial charge is 0.237 e. The largest absolute Gasteiger partial charge is 0.483 e. The zero-order chi connectivity index (χ0) is 21.5. The van der Waals surface area contributed by atoms with Gasteiger partial charge in [0, 0.05) is 17.3 Å². The van der Waals surface area contributed by atoms with Crippen LogP contribution in [-0.2, 0) is 17.9 Å². The van der Waals surface area contributed by atoms with Crippen LogP contribution >= 0.6 is 23.4 Å². The average molecular weight is 447 g/mol. The zero-order valence-corrected chi connectivity index (χ0v) is 17.8. The molecule has 0 radical (unpaired) electrons. The number of nitrogens with one attached hydrogen (secondary N) is 1. The molecule has 1 heterocycles. The molecular formula is C21H20ClFN4O2S. The number of benzene rings is 2. The molecule has 156 valence electrons. The normalized spacial score (nSPS) is 11.7. The van der Waals surface area contributed by atoms with Gasteiger partial charge in [-0.15, -0.1) is 16.8 Å². The minimum Gasteiger partial charge on any atom is -0.483 e. The number of amides is 1. The number of hydrogen-bond acceptors (Lipinski definition) is 5. The first-order valence-corrected chi connectivity index (χ1v) is 10.4. The highest BCUT2D eigenvalue weighted by Gasteiger charge is 2.20. The van der Waals surface area contributed by atoms with E-state index >= 15 is 0 Å². The van der Waals surface area contributed by atoms with E-state index in [1.54, 1.807) is 60.0 Å². The molecule has 0 unspecified atom stereocenters. The molecule has 1 atom stereocenters. The molecule has 0 saturated heterocycles. The van der Waals surface area contributed by atoms with Crippen LogP contribution in [0.4, 0.5) is 10.1 Å². The second-order valence-electron chi connectivity index (χ2n) is 6.28. The van der Waals surface area contributed by atoms with Crippen molar-refractivity contribution in [2.75, 3.05) is 5.32 Å². The maximum atomic E-state index is 13.8. The first kappa shape index (κ1) is 21.9. The summed E-state index contributed by atoms with van der Waals surface area (Å²) in [4.78, 5) is 12.5. The Bertz CT molecular complexity index is 1040. The van der Waals surface area contributed by atoms with Gasteiger partial charge < -0.3 is 10.1 Å². The number of carbonyl (C=O) groups excluding carboxylic acids is 1. The fourth-order valence-corrected chi connectivity index (χ4v) is 3.62. The Balaban J connectivity index is 1.68. The molecule has 6 nitrogen and oxygen atoms in total. The van der Waals surface area contributed by atoms with Crippen LogP contribution < -0.4 is 10.1 Å². The maximum Gasteiger partial charge on any atom is 0.237 e. The Labute approximate surface area is 183 Å². The highest BCUT2D eigenvalue weighted by Crippen LogP contribution is 2.25. The topological polar surface area (TPSA) is 69.0 Å². The average Bonchev–Trinajstić information content (AvgIpc) is 3.09. The van der Waals surface area contributed by atoms with Crippen molar-refractivity contribution in [2.45, 2.75) is 30.5 Å². The van der Waals surface area contributed by atoms with E-state index in [4.69, 9.17) is 16.3 Å². The van der Waals surface area contributed by atoms with Gasteiger partial charge in [-0.3, -0.25) is 9.36 Å². The molecule has 0 saturated carbocycles. The van der Waals surface area contributed by atoms with Crippen molar-refractivity contribution in [3.05, 3.63) is 77.9 Å². The van der Waals surface area contributed by atoms with Gasteiger partial charge in [-0.2, -0.15) is 0 Å². The van der Waals surface area contributed by atoms with Crippen LogP contribution in [0.1, 0.15) is 12.7 Å². The minimum atomic E-state index is -0.451. The molecule has 3 rings (SSSR count). The number of hydrogen-bond donors (Lipinski definition) is 1. The predicted octanol–water partition coefficient (Wildman–Crippen LogP) is 4.95. The Morgan fingerprint density at radius 2 is 2.13 bits per heavy atom. The molecule has 0 spiro atoms. The Morgan fingerprint density at radius 3 is 2.87 bits per heavy atom. The third-order valence-corrected chi connectivity index (χ3v) is 5.36. The van der Waals surface area contributed by atoms with Gasteiger partial charge in [0.15, 0.2) is 22.5 Å². The van der Waals surface area contributed by atoms with Crippen LogP contribution in [0.2, 0.25) is 5.02 Å². The number of nitrogens with zero attached hydrogens (tertiary/aromatic N) is 3. The van der Waals surface area contributed by atoms with E-state index in [0.717, 1.165) is 0 Å². The number of para-hydroxylation sites is 1. The molecule has 1 N–H and O–H groups in total. The van der Waals surface area contributed by atoms with Crippen LogP contribution in [0.3, 0.4) is 0 Å². The number of thioether (sulfide) groups is 1. The van der Waals surface area contributed by atoms with Crippen molar-refractivity contribution in [2.24, 2.45) is 0 Å². The van der Waals surface area contributed by atoms with Gasteiger partial charge in [-0.05, 0) is 37.3 Å². The van der Waals surface area contributed by atoms with E-state index in [0.29, 0.717) is 28.2 Å². The molecule has 3 aromatic rings. The standard InChI is InChI=1S/C21H20ClFN4O2S/c1-3-11-27-19(13-29-18-10-5-4-9-17(18)23)25-26-21(27)30-14(2)20(28)24-16-8-6-7-15(22)12-16/h3-10,12,14H,1,11,13H2,2H3,(H,24,28)/t14-/m1/s1. The number of anilines is 1. The summed E-state index contributed by atoms with van der Waals surface area (Å²) in [5.41, 5.74) is 0.617. The molecule has 30 heavy (non-hydrogen) atoms. The van der Waals surface area contributed by atoms with E-state index in [-0.39, 0.29) is 18.3 Å². The highest BCUT2D eigenvalue weighted by molar-refractivity contribution is 8.00. The van der Waals surface area contributed by atoms with Crippen molar-refractivity contribution in [1.29, 1.82) is 0 Å². The number of allylic oxidation sites excluding steroid dienone is 1. The lowest BCUT2D eigenvalue weighted by atomic mass is 10.3. The molecule has 0 aliphatic heterocycles. The van der Waals surface area contributed by atoms with Gasteiger partial charge in [0.25, 0.3) is 0 Å². The van der Waals surface area contributed by atoms with Crippen LogP contribution in [0.15, 0.2) is 66.3 Å². The first-order valence-electron chi connectivity index (χ1n) is 9.11. The van der Waals surface area contributed by atoms with Crippen molar-refractivity contribution in [1.82, 2.24) is 14.8 Å². The Morgan fingerprint density at radius 1 is 1.33 bits per heavy atom. The summed E-state index contributed by atoms with van der Waals surface area (Å²) in [6, 6.07) is 13.1. The van der Waals surface area contributed by atoms with Gasteiger partial charge in [0.05, 0.1) is 5.25 Å². The lowest BCUT2D eigenvalue weighted by Crippen LogP contribution is -2.23. The van der Waals surface area contributed by atoms with Gasteiger partial charge in [0.2, 0.25) is 5.91 Å². The summed E-state index contributed by atoms with van der Waals surface area (Å²) in [7, 11) is 0. The fourth-order valence-electron chi connectivity index (χ4n) is 2.55. The summed E-state index contributed by atoms with van der Waals surface area (Å²) in [5.74, 6) is -0.00926. The van der Waals surface area contributed by atoms with Crippen molar-refractivity contribution in [3.8, 4) is 5.75 Å². The number of rotatable bonds is 9. The van der Waals surface area contributed by atoms with Crippen LogP contribution in [0, 0.1) is 5.82 Å². The summed E-state index contributed by atoms with van der Waals surface area (Å²) < 4.78 is 21.1. The molecule has 0 bridgehead atoms. The van der Waals surface area contributed by atoms with Crippen LogP contribution in [-0.4, -0.2) is 25.9 Å². The minimum absolute atomic E-state index is 0.0332. The fraction of sp³-hybridized carbons (Fsp3) is 0.190. The molecule has 1 amide bonds. The number of ether oxygens (including phenoxy) is 1. The zero-order valence-electron chi connectivity index (χ0n) is 16.2. The molecule has 2 aromatic carbocycles. The van der Waals surface area contributed by atoms with E-state index in [1.807, 2.05) is 0 Å². The van der Waals surface area contributed by atoms with Crippen molar-refractivity contribution >= 4 is 35.0 Å². The maximum absolute atomic E-state index is 13.8. The van der Waals surface area contributed by atoms with Crippen LogP contribution in [0.5, 0.6) is 5.75 Å². The number of halogens is 2. The third kappa shape index (κ3) is 5.61. The molecule has 0 aliphatic rings. The third-order valence-electron chi connectivity index (χ3n) is 4.04. The Hall–Kier alpha value is -2.84. The van der Waals surface area contributed by atoms with Gasteiger partial charge in [-0.1, -0.05) is 47.6 Å². The second-order valence-corrected chi connectivity index (χ2v) is 8.02. The van der Waals surface area contributed by atoms with E-state index < -0.39 is 11.1 Å². The first-order chi connectivity index (χ1) is 14.5. The Kier molecular flexibility index (Phi) is 7.48.